The first-order chi connectivity index (χ1) is 18.1. The van der Waals surface area contributed by atoms with Gasteiger partial charge in [-0.15, -0.1) is 5.10 Å². The third kappa shape index (κ3) is 5.00. The standard InChI is InChI=1S/C26H31N7O4/c1-35-15-14-33-25(28-29-30-33)24(20-16-18-8-9-19(36-2)17-21(18)27-26(20)34)32-12-10-31(11-13-32)22-6-4-5-7-23(22)37-3/h4-9,16-17,24H,10-15H2,1-3H3,(H,27,34)/t24-/m0/s1. The van der Waals surface area contributed by atoms with Gasteiger partial charge < -0.3 is 24.1 Å². The van der Waals surface area contributed by atoms with E-state index in [0.29, 0.717) is 48.9 Å². The molecule has 0 spiro atoms. The third-order valence-corrected chi connectivity index (χ3v) is 6.79. The number of methoxy groups -OCH3 is 3. The topological polar surface area (TPSA) is 111 Å². The zero-order chi connectivity index (χ0) is 25.8. The van der Waals surface area contributed by atoms with Crippen LogP contribution < -0.4 is 19.9 Å². The summed E-state index contributed by atoms with van der Waals surface area (Å²) in [7, 11) is 4.93. The van der Waals surface area contributed by atoms with Gasteiger partial charge in [-0.25, -0.2) is 4.68 Å². The number of pyridine rings is 1. The van der Waals surface area contributed by atoms with E-state index in [9.17, 15) is 4.79 Å². The van der Waals surface area contributed by atoms with Crippen molar-refractivity contribution in [1.82, 2.24) is 30.1 Å². The summed E-state index contributed by atoms with van der Waals surface area (Å²) in [5.74, 6) is 2.14. The monoisotopic (exact) mass is 505 g/mol. The summed E-state index contributed by atoms with van der Waals surface area (Å²) in [6, 6.07) is 15.2. The van der Waals surface area contributed by atoms with E-state index in [0.717, 1.165) is 29.9 Å². The van der Waals surface area contributed by atoms with Crippen molar-refractivity contribution in [2.45, 2.75) is 12.6 Å². The van der Waals surface area contributed by atoms with Crippen LogP contribution in [0.1, 0.15) is 17.4 Å². The van der Waals surface area contributed by atoms with Gasteiger partial charge in [-0.05, 0) is 46.1 Å². The summed E-state index contributed by atoms with van der Waals surface area (Å²) in [6.07, 6.45) is 0. The molecule has 4 aromatic rings. The summed E-state index contributed by atoms with van der Waals surface area (Å²) in [6.45, 7) is 3.89. The Hall–Kier alpha value is -3.96. The average Bonchev–Trinajstić information content (AvgIpc) is 3.40. The molecule has 1 atom stereocenters. The van der Waals surface area contributed by atoms with Crippen LogP contribution in [0.2, 0.25) is 0 Å². The third-order valence-electron chi connectivity index (χ3n) is 6.79. The van der Waals surface area contributed by atoms with E-state index in [1.165, 1.54) is 0 Å². The molecule has 1 aliphatic heterocycles. The number of ether oxygens (including phenoxy) is 3. The molecule has 11 heteroatoms. The van der Waals surface area contributed by atoms with Gasteiger partial charge >= 0.3 is 0 Å². The quantitative estimate of drug-likeness (QED) is 0.366. The highest BCUT2D eigenvalue weighted by molar-refractivity contribution is 5.80. The first-order valence-corrected chi connectivity index (χ1v) is 12.2. The van der Waals surface area contributed by atoms with Crippen molar-refractivity contribution in [3.05, 3.63) is 70.3 Å². The molecule has 0 amide bonds. The Bertz CT molecular complexity index is 1410. The van der Waals surface area contributed by atoms with Crippen LogP contribution in [0.25, 0.3) is 10.9 Å². The minimum Gasteiger partial charge on any atom is -0.497 e. The normalized spacial score (nSPS) is 15.2. The second-order valence-electron chi connectivity index (χ2n) is 8.86. The Labute approximate surface area is 214 Å². The molecule has 2 aromatic heterocycles. The number of anilines is 1. The molecule has 2 aromatic carbocycles. The first kappa shape index (κ1) is 24.7. The molecule has 0 aliphatic carbocycles. The highest BCUT2D eigenvalue weighted by Gasteiger charge is 2.33. The first-order valence-electron chi connectivity index (χ1n) is 12.2. The van der Waals surface area contributed by atoms with E-state index >= 15 is 0 Å². The molecule has 37 heavy (non-hydrogen) atoms. The van der Waals surface area contributed by atoms with Crippen LogP contribution >= 0.6 is 0 Å². The molecule has 11 nitrogen and oxygen atoms in total. The summed E-state index contributed by atoms with van der Waals surface area (Å²) < 4.78 is 17.9. The number of aromatic nitrogens is 5. The predicted octanol–water partition coefficient (Wildman–Crippen LogP) is 2.09. The lowest BCUT2D eigenvalue weighted by Crippen LogP contribution is -2.49. The van der Waals surface area contributed by atoms with Crippen molar-refractivity contribution < 1.29 is 14.2 Å². The number of tetrazole rings is 1. The number of H-pyrrole nitrogens is 1. The van der Waals surface area contributed by atoms with E-state index in [2.05, 4.69) is 36.4 Å². The smallest absolute Gasteiger partial charge is 0.253 e. The van der Waals surface area contributed by atoms with E-state index in [1.807, 2.05) is 42.5 Å². The summed E-state index contributed by atoms with van der Waals surface area (Å²) in [5.41, 5.74) is 2.19. The minimum atomic E-state index is -0.429. The zero-order valence-corrected chi connectivity index (χ0v) is 21.3. The van der Waals surface area contributed by atoms with Gasteiger partial charge in [-0.1, -0.05) is 12.1 Å². The number of aromatic amines is 1. The number of piperazine rings is 1. The predicted molar refractivity (Wildman–Crippen MR) is 139 cm³/mol. The van der Waals surface area contributed by atoms with Crippen LogP contribution in [0.5, 0.6) is 11.5 Å². The van der Waals surface area contributed by atoms with Gasteiger partial charge in [-0.2, -0.15) is 0 Å². The van der Waals surface area contributed by atoms with E-state index in [1.54, 1.807) is 26.0 Å². The van der Waals surface area contributed by atoms with Gasteiger partial charge in [0.25, 0.3) is 5.56 Å². The van der Waals surface area contributed by atoms with Crippen molar-refractivity contribution in [2.24, 2.45) is 0 Å². The highest BCUT2D eigenvalue weighted by atomic mass is 16.5. The van der Waals surface area contributed by atoms with Gasteiger partial charge in [-0.3, -0.25) is 9.69 Å². The van der Waals surface area contributed by atoms with Gasteiger partial charge in [0.2, 0.25) is 0 Å². The number of nitrogens with one attached hydrogen (secondary N) is 1. The molecule has 3 heterocycles. The van der Waals surface area contributed by atoms with Crippen molar-refractivity contribution in [2.75, 3.05) is 59.0 Å². The van der Waals surface area contributed by atoms with Crippen LogP contribution in [0.4, 0.5) is 5.69 Å². The largest absolute Gasteiger partial charge is 0.497 e. The van der Waals surface area contributed by atoms with Crippen molar-refractivity contribution in [3.8, 4) is 11.5 Å². The average molecular weight is 506 g/mol. The lowest BCUT2D eigenvalue weighted by Gasteiger charge is -2.40. The Balaban J connectivity index is 1.51. The van der Waals surface area contributed by atoms with Crippen LogP contribution in [-0.2, 0) is 11.3 Å². The summed E-state index contributed by atoms with van der Waals surface area (Å²) in [5, 5.41) is 13.4. The molecule has 0 radical (unpaired) electrons. The molecule has 5 rings (SSSR count). The summed E-state index contributed by atoms with van der Waals surface area (Å²) >= 11 is 0. The Morgan fingerprint density at radius 3 is 2.57 bits per heavy atom. The molecule has 194 valence electrons. The molecular weight excluding hydrogens is 474 g/mol. The molecule has 1 fully saturated rings. The highest BCUT2D eigenvalue weighted by Crippen LogP contribution is 2.32. The molecule has 1 aliphatic rings. The van der Waals surface area contributed by atoms with E-state index < -0.39 is 6.04 Å². The second-order valence-corrected chi connectivity index (χ2v) is 8.86. The van der Waals surface area contributed by atoms with Gasteiger partial charge in [0.15, 0.2) is 5.82 Å². The van der Waals surface area contributed by atoms with Crippen LogP contribution in [0, 0.1) is 0 Å². The number of para-hydroxylation sites is 2. The van der Waals surface area contributed by atoms with Crippen LogP contribution in [0.15, 0.2) is 53.3 Å². The van der Waals surface area contributed by atoms with E-state index in [4.69, 9.17) is 14.2 Å². The van der Waals surface area contributed by atoms with Gasteiger partial charge in [0.05, 0.1) is 38.6 Å². The van der Waals surface area contributed by atoms with Crippen LogP contribution in [-0.4, -0.2) is 84.2 Å². The zero-order valence-electron chi connectivity index (χ0n) is 21.3. The molecule has 0 unspecified atom stereocenters. The Morgan fingerprint density at radius 2 is 1.81 bits per heavy atom. The summed E-state index contributed by atoms with van der Waals surface area (Å²) in [4.78, 5) is 21.1. The number of hydrogen-bond acceptors (Lipinski definition) is 9. The van der Waals surface area contributed by atoms with Crippen molar-refractivity contribution >= 4 is 16.6 Å². The number of rotatable bonds is 9. The number of nitrogens with zero attached hydrogens (tertiary/aromatic N) is 6. The fourth-order valence-corrected chi connectivity index (χ4v) is 4.88. The Kier molecular flexibility index (Phi) is 7.33. The fraction of sp³-hybridized carbons (Fsp3) is 0.385. The SMILES string of the molecule is COCCn1nnnc1[C@H](c1cc2ccc(OC)cc2[nH]c1=O)N1CCN(c2ccccc2OC)CC1. The van der Waals surface area contributed by atoms with Gasteiger partial charge in [0, 0.05) is 44.9 Å². The molecule has 1 N–H and O–H groups in total. The molecule has 0 bridgehead atoms. The van der Waals surface area contributed by atoms with Crippen molar-refractivity contribution in [1.29, 1.82) is 0 Å². The molecular formula is C26H31N7O4. The maximum absolute atomic E-state index is 13.5. The molecule has 0 saturated carbocycles. The lowest BCUT2D eigenvalue weighted by atomic mass is 10.0. The second kappa shape index (κ2) is 11.0. The lowest BCUT2D eigenvalue weighted by molar-refractivity contribution is 0.171. The van der Waals surface area contributed by atoms with E-state index in [-0.39, 0.29) is 5.56 Å². The van der Waals surface area contributed by atoms with Crippen molar-refractivity contribution in [3.63, 3.8) is 0 Å². The number of fused-ring (bicyclic) bond motifs is 1. The van der Waals surface area contributed by atoms with Gasteiger partial charge in [0.1, 0.15) is 17.5 Å². The number of hydrogen-bond donors (Lipinski definition) is 1. The molecule has 1 saturated heterocycles. The fourth-order valence-electron chi connectivity index (χ4n) is 4.88. The number of benzene rings is 2. The van der Waals surface area contributed by atoms with Crippen LogP contribution in [0.3, 0.4) is 0 Å². The minimum absolute atomic E-state index is 0.181. The maximum atomic E-state index is 13.5. The Morgan fingerprint density at radius 1 is 1.00 bits per heavy atom. The maximum Gasteiger partial charge on any atom is 0.253 e.